The van der Waals surface area contributed by atoms with E-state index >= 15 is 0 Å². The first-order valence-electron chi connectivity index (χ1n) is 5.95. The van der Waals surface area contributed by atoms with Crippen LogP contribution in [0.3, 0.4) is 0 Å². The highest BCUT2D eigenvalue weighted by Gasteiger charge is 2.35. The lowest BCUT2D eigenvalue weighted by atomic mass is 9.98. The number of carbonyl (C=O) groups excluding carboxylic acids is 1. The fourth-order valence-electron chi connectivity index (χ4n) is 2.35. The molecule has 0 bridgehead atoms. The van der Waals surface area contributed by atoms with E-state index in [-0.39, 0.29) is 18.1 Å². The monoisotopic (exact) mass is 315 g/mol. The van der Waals surface area contributed by atoms with E-state index in [0.717, 1.165) is 25.7 Å². The van der Waals surface area contributed by atoms with Crippen molar-refractivity contribution in [3.05, 3.63) is 34.1 Å². The highest BCUT2D eigenvalue weighted by molar-refractivity contribution is 9.10. The minimum Gasteiger partial charge on any atom is -0.394 e. The summed E-state index contributed by atoms with van der Waals surface area (Å²) >= 11 is 3.23. The SMILES string of the molecule is O=C(NC1(CO)CCCC1)c1cc(F)ccc1Br. The van der Waals surface area contributed by atoms with Gasteiger partial charge in [-0.25, -0.2) is 4.39 Å². The second kappa shape index (κ2) is 5.36. The van der Waals surface area contributed by atoms with Gasteiger partial charge in [-0.3, -0.25) is 4.79 Å². The van der Waals surface area contributed by atoms with Gasteiger partial charge in [0.25, 0.3) is 5.91 Å². The van der Waals surface area contributed by atoms with Gasteiger partial charge >= 0.3 is 0 Å². The molecule has 2 rings (SSSR count). The third kappa shape index (κ3) is 2.72. The molecule has 0 unspecified atom stereocenters. The molecule has 1 aliphatic carbocycles. The number of amides is 1. The van der Waals surface area contributed by atoms with Gasteiger partial charge in [-0.05, 0) is 47.0 Å². The molecular weight excluding hydrogens is 301 g/mol. The molecule has 0 saturated heterocycles. The lowest BCUT2D eigenvalue weighted by Gasteiger charge is -2.28. The van der Waals surface area contributed by atoms with Crippen LogP contribution in [-0.4, -0.2) is 23.2 Å². The molecule has 1 saturated carbocycles. The van der Waals surface area contributed by atoms with Crippen LogP contribution in [0.1, 0.15) is 36.0 Å². The minimum absolute atomic E-state index is 0.0777. The molecule has 1 fully saturated rings. The first-order valence-corrected chi connectivity index (χ1v) is 6.74. The predicted octanol–water partition coefficient (Wildman–Crippen LogP) is 2.62. The van der Waals surface area contributed by atoms with Crippen molar-refractivity contribution in [3.63, 3.8) is 0 Å². The molecule has 1 amide bonds. The number of rotatable bonds is 3. The summed E-state index contributed by atoms with van der Waals surface area (Å²) in [4.78, 5) is 12.1. The molecule has 5 heteroatoms. The molecule has 98 valence electrons. The molecule has 0 aromatic heterocycles. The van der Waals surface area contributed by atoms with Gasteiger partial charge in [0.05, 0.1) is 17.7 Å². The summed E-state index contributed by atoms with van der Waals surface area (Å²) < 4.78 is 13.7. The molecule has 0 heterocycles. The van der Waals surface area contributed by atoms with E-state index in [2.05, 4.69) is 21.2 Å². The van der Waals surface area contributed by atoms with E-state index in [1.165, 1.54) is 18.2 Å². The van der Waals surface area contributed by atoms with Crippen LogP contribution in [0.5, 0.6) is 0 Å². The van der Waals surface area contributed by atoms with E-state index in [4.69, 9.17) is 0 Å². The number of hydrogen-bond donors (Lipinski definition) is 2. The van der Waals surface area contributed by atoms with E-state index in [0.29, 0.717) is 4.47 Å². The first kappa shape index (κ1) is 13.5. The molecule has 1 aliphatic rings. The summed E-state index contributed by atoms with van der Waals surface area (Å²) in [5, 5.41) is 12.3. The zero-order chi connectivity index (χ0) is 13.2. The van der Waals surface area contributed by atoms with Gasteiger partial charge in [-0.15, -0.1) is 0 Å². The Hall–Kier alpha value is -0.940. The zero-order valence-corrected chi connectivity index (χ0v) is 11.5. The van der Waals surface area contributed by atoms with Crippen LogP contribution in [0.15, 0.2) is 22.7 Å². The zero-order valence-electron chi connectivity index (χ0n) is 9.88. The Labute approximate surface area is 114 Å². The number of benzene rings is 1. The Bertz CT molecular complexity index is 458. The van der Waals surface area contributed by atoms with Gasteiger partial charge in [0.1, 0.15) is 5.82 Å². The fraction of sp³-hybridized carbons (Fsp3) is 0.462. The highest BCUT2D eigenvalue weighted by atomic mass is 79.9. The normalized spacial score (nSPS) is 17.7. The molecule has 1 aromatic carbocycles. The van der Waals surface area contributed by atoms with Gasteiger partial charge < -0.3 is 10.4 Å². The maximum absolute atomic E-state index is 13.1. The van der Waals surface area contributed by atoms with Crippen molar-refractivity contribution < 1.29 is 14.3 Å². The van der Waals surface area contributed by atoms with Gasteiger partial charge in [0.15, 0.2) is 0 Å². The van der Waals surface area contributed by atoms with Crippen LogP contribution in [0.4, 0.5) is 4.39 Å². The molecular formula is C13H15BrFNO2. The van der Waals surface area contributed by atoms with Crippen LogP contribution in [0.25, 0.3) is 0 Å². The van der Waals surface area contributed by atoms with Gasteiger partial charge in [-0.1, -0.05) is 12.8 Å². The molecule has 0 radical (unpaired) electrons. The van der Waals surface area contributed by atoms with Crippen LogP contribution in [0, 0.1) is 5.82 Å². The molecule has 18 heavy (non-hydrogen) atoms. The van der Waals surface area contributed by atoms with Crippen LogP contribution in [-0.2, 0) is 0 Å². The molecule has 3 nitrogen and oxygen atoms in total. The van der Waals surface area contributed by atoms with Crippen molar-refractivity contribution in [2.75, 3.05) is 6.61 Å². The molecule has 2 N–H and O–H groups in total. The Balaban J connectivity index is 2.18. The summed E-state index contributed by atoms with van der Waals surface area (Å²) in [6.45, 7) is -0.0777. The average Bonchev–Trinajstić information content (AvgIpc) is 2.81. The van der Waals surface area contributed by atoms with E-state index in [1.54, 1.807) is 0 Å². The standard InChI is InChI=1S/C13H15BrFNO2/c14-11-4-3-9(15)7-10(11)12(18)16-13(8-17)5-1-2-6-13/h3-4,7,17H,1-2,5-6,8H2,(H,16,18). The van der Waals surface area contributed by atoms with Crippen LogP contribution in [0.2, 0.25) is 0 Å². The minimum atomic E-state index is -0.539. The Morgan fingerprint density at radius 1 is 1.44 bits per heavy atom. The summed E-state index contributed by atoms with van der Waals surface area (Å²) in [5.74, 6) is -0.801. The third-order valence-electron chi connectivity index (χ3n) is 3.42. The van der Waals surface area contributed by atoms with E-state index < -0.39 is 11.4 Å². The van der Waals surface area contributed by atoms with Crippen molar-refractivity contribution in [2.24, 2.45) is 0 Å². The number of aliphatic hydroxyl groups excluding tert-OH is 1. The quantitative estimate of drug-likeness (QED) is 0.901. The summed E-state index contributed by atoms with van der Waals surface area (Å²) in [6, 6.07) is 3.99. The summed E-state index contributed by atoms with van der Waals surface area (Å²) in [5.41, 5.74) is -0.280. The lowest BCUT2D eigenvalue weighted by molar-refractivity contribution is 0.0837. The largest absolute Gasteiger partial charge is 0.394 e. The first-order chi connectivity index (χ1) is 8.56. The van der Waals surface area contributed by atoms with Gasteiger partial charge in [0.2, 0.25) is 0 Å². The summed E-state index contributed by atoms with van der Waals surface area (Å²) in [7, 11) is 0. The number of nitrogens with one attached hydrogen (secondary N) is 1. The van der Waals surface area contributed by atoms with E-state index in [9.17, 15) is 14.3 Å². The topological polar surface area (TPSA) is 49.3 Å². The Morgan fingerprint density at radius 3 is 2.72 bits per heavy atom. The van der Waals surface area contributed by atoms with Crippen LogP contribution >= 0.6 is 15.9 Å². The smallest absolute Gasteiger partial charge is 0.253 e. The third-order valence-corrected chi connectivity index (χ3v) is 4.11. The van der Waals surface area contributed by atoms with Crippen molar-refractivity contribution >= 4 is 21.8 Å². The van der Waals surface area contributed by atoms with Crippen LogP contribution < -0.4 is 5.32 Å². The highest BCUT2D eigenvalue weighted by Crippen LogP contribution is 2.30. The van der Waals surface area contributed by atoms with Crippen molar-refractivity contribution in [1.29, 1.82) is 0 Å². The molecule has 0 spiro atoms. The van der Waals surface area contributed by atoms with E-state index in [1.807, 2.05) is 0 Å². The average molecular weight is 316 g/mol. The van der Waals surface area contributed by atoms with Crippen molar-refractivity contribution in [1.82, 2.24) is 5.32 Å². The molecule has 1 aromatic rings. The Kier molecular flexibility index (Phi) is 4.02. The van der Waals surface area contributed by atoms with Crippen molar-refractivity contribution in [2.45, 2.75) is 31.2 Å². The maximum atomic E-state index is 13.1. The number of carbonyl (C=O) groups is 1. The number of hydrogen-bond acceptors (Lipinski definition) is 2. The second-order valence-electron chi connectivity index (χ2n) is 4.72. The predicted molar refractivity (Wildman–Crippen MR) is 69.9 cm³/mol. The molecule has 0 atom stereocenters. The number of aliphatic hydroxyl groups is 1. The second-order valence-corrected chi connectivity index (χ2v) is 5.58. The Morgan fingerprint density at radius 2 is 2.11 bits per heavy atom. The number of halogens is 2. The fourth-order valence-corrected chi connectivity index (χ4v) is 2.78. The lowest BCUT2D eigenvalue weighted by Crippen LogP contribution is -2.49. The summed E-state index contributed by atoms with van der Waals surface area (Å²) in [6.07, 6.45) is 3.51. The van der Waals surface area contributed by atoms with Gasteiger partial charge in [-0.2, -0.15) is 0 Å². The van der Waals surface area contributed by atoms with Gasteiger partial charge in [0, 0.05) is 4.47 Å². The maximum Gasteiger partial charge on any atom is 0.253 e. The molecule has 0 aliphatic heterocycles. The van der Waals surface area contributed by atoms with Crippen molar-refractivity contribution in [3.8, 4) is 0 Å².